The predicted octanol–water partition coefficient (Wildman–Crippen LogP) is 3.09. The summed E-state index contributed by atoms with van der Waals surface area (Å²) in [5.41, 5.74) is 1.89. The summed E-state index contributed by atoms with van der Waals surface area (Å²) in [5, 5.41) is 1.22. The van der Waals surface area contributed by atoms with Crippen molar-refractivity contribution in [3.8, 4) is 0 Å². The lowest BCUT2D eigenvalue weighted by atomic mass is 10.1. The Bertz CT molecular complexity index is 623. The van der Waals surface area contributed by atoms with Gasteiger partial charge in [-0.15, -0.1) is 0 Å². The van der Waals surface area contributed by atoms with Crippen molar-refractivity contribution in [2.45, 2.75) is 19.8 Å². The van der Waals surface area contributed by atoms with Gasteiger partial charge in [0.15, 0.2) is 0 Å². The van der Waals surface area contributed by atoms with Crippen LogP contribution < -0.4 is 0 Å². The molecule has 0 aliphatic carbocycles. The molecule has 1 saturated heterocycles. The first-order valence-corrected chi connectivity index (χ1v) is 8.31. The van der Waals surface area contributed by atoms with E-state index < -0.39 is 0 Å². The number of carbonyl (C=O) groups excluding carboxylic acids is 2. The van der Waals surface area contributed by atoms with Gasteiger partial charge in [0.05, 0.1) is 0 Å². The maximum atomic E-state index is 12.3. The average Bonchev–Trinajstić information content (AvgIpc) is 2.56. The molecule has 0 saturated carbocycles. The fraction of sp³-hybridized carbons (Fsp3) is 0.412. The number of piperazine rings is 1. The predicted molar refractivity (Wildman–Crippen MR) is 92.9 cm³/mol. The summed E-state index contributed by atoms with van der Waals surface area (Å²) in [4.78, 5) is 27.3. The highest BCUT2D eigenvalue weighted by Gasteiger charge is 2.22. The van der Waals surface area contributed by atoms with E-state index in [0.717, 1.165) is 11.1 Å². The maximum absolute atomic E-state index is 12.3. The highest BCUT2D eigenvalue weighted by molar-refractivity contribution is 6.35. The zero-order chi connectivity index (χ0) is 17.0. The SMILES string of the molecule is C=CC(=O)N1CCN(C(=O)CCc2cc(C)c(Cl)cc2Cl)CC1. The molecular formula is C17H20Cl2N2O2. The van der Waals surface area contributed by atoms with Crippen molar-refractivity contribution < 1.29 is 9.59 Å². The first-order valence-electron chi connectivity index (χ1n) is 7.56. The number of carbonyl (C=O) groups is 2. The number of nitrogens with zero attached hydrogens (tertiary/aromatic N) is 2. The minimum Gasteiger partial charge on any atom is -0.339 e. The van der Waals surface area contributed by atoms with E-state index in [1.54, 1.807) is 15.9 Å². The highest BCUT2D eigenvalue weighted by Crippen LogP contribution is 2.26. The normalized spacial score (nSPS) is 14.7. The molecule has 0 aromatic heterocycles. The monoisotopic (exact) mass is 354 g/mol. The van der Waals surface area contributed by atoms with Gasteiger partial charge in [-0.2, -0.15) is 0 Å². The van der Waals surface area contributed by atoms with E-state index in [4.69, 9.17) is 23.2 Å². The van der Waals surface area contributed by atoms with Crippen LogP contribution in [0.15, 0.2) is 24.8 Å². The molecule has 0 atom stereocenters. The van der Waals surface area contributed by atoms with Gasteiger partial charge in [-0.05, 0) is 36.6 Å². The standard InChI is InChI=1S/C17H20Cl2N2O2/c1-3-16(22)20-6-8-21(9-7-20)17(23)5-4-13-10-12(2)14(18)11-15(13)19/h3,10-11H,1,4-9H2,2H3. The molecule has 2 amide bonds. The first-order chi connectivity index (χ1) is 10.9. The molecule has 1 aromatic carbocycles. The Labute approximate surface area is 146 Å². The molecule has 0 radical (unpaired) electrons. The van der Waals surface area contributed by atoms with Gasteiger partial charge in [-0.3, -0.25) is 9.59 Å². The van der Waals surface area contributed by atoms with Crippen LogP contribution in [0.25, 0.3) is 0 Å². The number of amides is 2. The van der Waals surface area contributed by atoms with E-state index >= 15 is 0 Å². The molecule has 0 bridgehead atoms. The fourth-order valence-electron chi connectivity index (χ4n) is 2.61. The van der Waals surface area contributed by atoms with E-state index in [1.165, 1.54) is 6.08 Å². The summed E-state index contributed by atoms with van der Waals surface area (Å²) in [7, 11) is 0. The molecule has 1 heterocycles. The fourth-order valence-corrected chi connectivity index (χ4v) is 3.09. The number of hydrogen-bond donors (Lipinski definition) is 0. The van der Waals surface area contributed by atoms with Crippen molar-refractivity contribution in [3.05, 3.63) is 46.0 Å². The summed E-state index contributed by atoms with van der Waals surface area (Å²) in [6.45, 7) is 7.63. The van der Waals surface area contributed by atoms with Gasteiger partial charge < -0.3 is 9.80 Å². The Morgan fingerprint density at radius 3 is 2.35 bits per heavy atom. The summed E-state index contributed by atoms with van der Waals surface area (Å²) in [6, 6.07) is 3.65. The zero-order valence-corrected chi connectivity index (χ0v) is 14.7. The Morgan fingerprint density at radius 1 is 1.13 bits per heavy atom. The molecule has 2 rings (SSSR count). The van der Waals surface area contributed by atoms with Gasteiger partial charge in [-0.25, -0.2) is 0 Å². The quantitative estimate of drug-likeness (QED) is 0.779. The van der Waals surface area contributed by atoms with E-state index in [-0.39, 0.29) is 11.8 Å². The average molecular weight is 355 g/mol. The number of halogens is 2. The van der Waals surface area contributed by atoms with E-state index in [9.17, 15) is 9.59 Å². The molecule has 4 nitrogen and oxygen atoms in total. The molecule has 0 spiro atoms. The molecule has 1 aliphatic heterocycles. The van der Waals surface area contributed by atoms with Gasteiger partial charge in [0.25, 0.3) is 0 Å². The van der Waals surface area contributed by atoms with Crippen molar-refractivity contribution in [1.82, 2.24) is 9.80 Å². The molecule has 1 fully saturated rings. The number of rotatable bonds is 4. The molecule has 23 heavy (non-hydrogen) atoms. The molecule has 1 aliphatic rings. The topological polar surface area (TPSA) is 40.6 Å². The van der Waals surface area contributed by atoms with Crippen molar-refractivity contribution >= 4 is 35.0 Å². The van der Waals surface area contributed by atoms with Crippen molar-refractivity contribution in [1.29, 1.82) is 0 Å². The zero-order valence-electron chi connectivity index (χ0n) is 13.1. The third kappa shape index (κ3) is 4.49. The minimum atomic E-state index is -0.0829. The Kier molecular flexibility index (Phi) is 6.08. The Hall–Kier alpha value is -1.52. The van der Waals surface area contributed by atoms with Crippen LogP contribution in [0, 0.1) is 6.92 Å². The van der Waals surface area contributed by atoms with Crippen LogP contribution in [0.5, 0.6) is 0 Å². The third-order valence-electron chi connectivity index (χ3n) is 4.05. The summed E-state index contributed by atoms with van der Waals surface area (Å²) in [5.74, 6) is -0.0001000. The minimum absolute atomic E-state index is 0.0828. The van der Waals surface area contributed by atoms with Crippen LogP contribution in [0.2, 0.25) is 10.0 Å². The molecular weight excluding hydrogens is 335 g/mol. The van der Waals surface area contributed by atoms with Gasteiger partial charge in [-0.1, -0.05) is 35.8 Å². The lowest BCUT2D eigenvalue weighted by Crippen LogP contribution is -2.50. The van der Waals surface area contributed by atoms with Crippen LogP contribution >= 0.6 is 23.2 Å². The van der Waals surface area contributed by atoms with Crippen LogP contribution in [-0.2, 0) is 16.0 Å². The highest BCUT2D eigenvalue weighted by atomic mass is 35.5. The maximum Gasteiger partial charge on any atom is 0.246 e. The Morgan fingerprint density at radius 2 is 1.74 bits per heavy atom. The molecule has 0 N–H and O–H groups in total. The second kappa shape index (κ2) is 7.84. The third-order valence-corrected chi connectivity index (χ3v) is 4.81. The molecule has 6 heteroatoms. The molecule has 0 unspecified atom stereocenters. The van der Waals surface area contributed by atoms with Crippen LogP contribution in [0.4, 0.5) is 0 Å². The van der Waals surface area contributed by atoms with Crippen LogP contribution in [0.1, 0.15) is 17.5 Å². The van der Waals surface area contributed by atoms with E-state index in [1.807, 2.05) is 13.0 Å². The van der Waals surface area contributed by atoms with Crippen LogP contribution in [0.3, 0.4) is 0 Å². The van der Waals surface area contributed by atoms with Gasteiger partial charge in [0.1, 0.15) is 0 Å². The largest absolute Gasteiger partial charge is 0.339 e. The van der Waals surface area contributed by atoms with Crippen molar-refractivity contribution in [2.75, 3.05) is 26.2 Å². The lowest BCUT2D eigenvalue weighted by Gasteiger charge is -2.34. The van der Waals surface area contributed by atoms with E-state index in [2.05, 4.69) is 6.58 Å². The second-order valence-electron chi connectivity index (χ2n) is 5.60. The van der Waals surface area contributed by atoms with Gasteiger partial charge >= 0.3 is 0 Å². The summed E-state index contributed by atoms with van der Waals surface area (Å²) >= 11 is 12.2. The Balaban J connectivity index is 1.88. The van der Waals surface area contributed by atoms with Gasteiger partial charge in [0.2, 0.25) is 11.8 Å². The number of benzene rings is 1. The summed E-state index contributed by atoms with van der Waals surface area (Å²) < 4.78 is 0. The number of hydrogen-bond acceptors (Lipinski definition) is 2. The number of aryl methyl sites for hydroxylation is 2. The molecule has 124 valence electrons. The van der Waals surface area contributed by atoms with Crippen LogP contribution in [-0.4, -0.2) is 47.8 Å². The summed E-state index contributed by atoms with van der Waals surface area (Å²) in [6.07, 6.45) is 2.29. The first kappa shape index (κ1) is 17.8. The lowest BCUT2D eigenvalue weighted by molar-refractivity contribution is -0.137. The van der Waals surface area contributed by atoms with E-state index in [0.29, 0.717) is 49.1 Å². The van der Waals surface area contributed by atoms with Gasteiger partial charge in [0, 0.05) is 42.6 Å². The molecule has 1 aromatic rings. The second-order valence-corrected chi connectivity index (χ2v) is 6.42. The smallest absolute Gasteiger partial charge is 0.246 e. The van der Waals surface area contributed by atoms with Crippen molar-refractivity contribution in [2.24, 2.45) is 0 Å². The van der Waals surface area contributed by atoms with Crippen molar-refractivity contribution in [3.63, 3.8) is 0 Å².